The first-order valence-electron chi connectivity index (χ1n) is 5.16. The van der Waals surface area contributed by atoms with Crippen molar-refractivity contribution in [1.29, 1.82) is 0 Å². The standard InChI is InChI=1S/C10H10N4O3S/c15-10(8-1-2-9(18-8)14(16)17)12-4-3-7-5-11-6-13-7/h1-2,5-6H,3-4H2,(H,11,13)(H,12,15). The summed E-state index contributed by atoms with van der Waals surface area (Å²) in [5.41, 5.74) is 0.924. The fourth-order valence-electron chi connectivity index (χ4n) is 1.37. The van der Waals surface area contributed by atoms with E-state index in [2.05, 4.69) is 15.3 Å². The van der Waals surface area contributed by atoms with Crippen molar-refractivity contribution in [3.63, 3.8) is 0 Å². The van der Waals surface area contributed by atoms with E-state index in [1.54, 1.807) is 12.5 Å². The molecule has 94 valence electrons. The monoisotopic (exact) mass is 266 g/mol. The Morgan fingerprint density at radius 1 is 1.56 bits per heavy atom. The summed E-state index contributed by atoms with van der Waals surface area (Å²) in [6, 6.07) is 2.78. The highest BCUT2D eigenvalue weighted by molar-refractivity contribution is 7.17. The molecule has 2 heterocycles. The fourth-order valence-corrected chi connectivity index (χ4v) is 2.10. The number of nitrogens with zero attached hydrogens (tertiary/aromatic N) is 2. The molecule has 2 aromatic rings. The van der Waals surface area contributed by atoms with Gasteiger partial charge < -0.3 is 10.3 Å². The van der Waals surface area contributed by atoms with Crippen LogP contribution >= 0.6 is 11.3 Å². The van der Waals surface area contributed by atoms with Crippen molar-refractivity contribution in [2.24, 2.45) is 0 Å². The zero-order chi connectivity index (χ0) is 13.0. The SMILES string of the molecule is O=C(NCCc1cnc[nH]1)c1ccc([N+](=O)[O-])s1. The number of nitro groups is 1. The number of rotatable bonds is 5. The second-order valence-electron chi connectivity index (χ2n) is 3.48. The number of aromatic amines is 1. The topological polar surface area (TPSA) is 101 Å². The molecule has 1 amide bonds. The van der Waals surface area contributed by atoms with Gasteiger partial charge in [-0.05, 0) is 6.07 Å². The Morgan fingerprint density at radius 3 is 3.00 bits per heavy atom. The van der Waals surface area contributed by atoms with Gasteiger partial charge in [0.2, 0.25) is 0 Å². The zero-order valence-corrected chi connectivity index (χ0v) is 10.1. The number of hydrogen-bond donors (Lipinski definition) is 2. The maximum atomic E-state index is 11.7. The highest BCUT2D eigenvalue weighted by Crippen LogP contribution is 2.23. The molecule has 0 aliphatic rings. The lowest BCUT2D eigenvalue weighted by molar-refractivity contribution is -0.380. The van der Waals surface area contributed by atoms with Crippen LogP contribution in [0, 0.1) is 10.1 Å². The quantitative estimate of drug-likeness (QED) is 0.630. The summed E-state index contributed by atoms with van der Waals surface area (Å²) in [5.74, 6) is -0.299. The second kappa shape index (κ2) is 5.41. The summed E-state index contributed by atoms with van der Waals surface area (Å²) >= 11 is 0.866. The largest absolute Gasteiger partial charge is 0.351 e. The van der Waals surface area contributed by atoms with Gasteiger partial charge in [-0.1, -0.05) is 11.3 Å². The number of amides is 1. The van der Waals surface area contributed by atoms with E-state index in [1.807, 2.05) is 0 Å². The third-order valence-corrected chi connectivity index (χ3v) is 3.27. The van der Waals surface area contributed by atoms with E-state index in [0.29, 0.717) is 17.8 Å². The van der Waals surface area contributed by atoms with E-state index < -0.39 is 4.92 Å². The minimum absolute atomic E-state index is 0.0336. The molecule has 0 aliphatic carbocycles. The highest BCUT2D eigenvalue weighted by atomic mass is 32.1. The third kappa shape index (κ3) is 2.92. The van der Waals surface area contributed by atoms with Gasteiger partial charge in [0.05, 0.1) is 16.1 Å². The number of H-pyrrole nitrogens is 1. The van der Waals surface area contributed by atoms with E-state index in [0.717, 1.165) is 17.0 Å². The van der Waals surface area contributed by atoms with Crippen molar-refractivity contribution in [2.75, 3.05) is 6.54 Å². The van der Waals surface area contributed by atoms with Gasteiger partial charge in [0, 0.05) is 30.9 Å². The third-order valence-electron chi connectivity index (χ3n) is 2.23. The van der Waals surface area contributed by atoms with Gasteiger partial charge in [-0.2, -0.15) is 0 Å². The van der Waals surface area contributed by atoms with Gasteiger partial charge in [-0.15, -0.1) is 0 Å². The zero-order valence-electron chi connectivity index (χ0n) is 9.25. The molecular weight excluding hydrogens is 256 g/mol. The predicted octanol–water partition coefficient (Wildman–Crippen LogP) is 1.35. The molecule has 0 saturated heterocycles. The molecule has 0 radical (unpaired) electrons. The molecule has 0 aliphatic heterocycles. The van der Waals surface area contributed by atoms with Crippen LogP contribution in [0.25, 0.3) is 0 Å². The van der Waals surface area contributed by atoms with Crippen molar-refractivity contribution < 1.29 is 9.72 Å². The van der Waals surface area contributed by atoms with Crippen molar-refractivity contribution in [2.45, 2.75) is 6.42 Å². The Bertz CT molecular complexity index is 549. The van der Waals surface area contributed by atoms with E-state index >= 15 is 0 Å². The molecule has 8 heteroatoms. The number of imidazole rings is 1. The minimum Gasteiger partial charge on any atom is -0.351 e. The van der Waals surface area contributed by atoms with Crippen LogP contribution in [0.4, 0.5) is 5.00 Å². The van der Waals surface area contributed by atoms with Gasteiger partial charge in [-0.3, -0.25) is 14.9 Å². The Hall–Kier alpha value is -2.22. The molecule has 7 nitrogen and oxygen atoms in total. The van der Waals surface area contributed by atoms with Crippen LogP contribution in [-0.4, -0.2) is 27.3 Å². The van der Waals surface area contributed by atoms with Gasteiger partial charge in [0.1, 0.15) is 0 Å². The number of nitrogens with one attached hydrogen (secondary N) is 2. The van der Waals surface area contributed by atoms with Crippen LogP contribution in [0.2, 0.25) is 0 Å². The van der Waals surface area contributed by atoms with Crippen molar-refractivity contribution in [3.8, 4) is 0 Å². The summed E-state index contributed by atoms with van der Waals surface area (Å²) in [4.78, 5) is 28.8. The number of aromatic nitrogens is 2. The summed E-state index contributed by atoms with van der Waals surface area (Å²) in [6.45, 7) is 0.451. The lowest BCUT2D eigenvalue weighted by atomic mass is 10.3. The van der Waals surface area contributed by atoms with Gasteiger partial charge in [0.25, 0.3) is 5.91 Å². The summed E-state index contributed by atoms with van der Waals surface area (Å²) in [5, 5.41) is 13.1. The van der Waals surface area contributed by atoms with Crippen molar-refractivity contribution in [3.05, 3.63) is 45.3 Å². The summed E-state index contributed by atoms with van der Waals surface area (Å²) in [7, 11) is 0. The fraction of sp³-hybridized carbons (Fsp3) is 0.200. The normalized spacial score (nSPS) is 10.2. The van der Waals surface area contributed by atoms with E-state index in [4.69, 9.17) is 0 Å². The highest BCUT2D eigenvalue weighted by Gasteiger charge is 2.14. The number of hydrogen-bond acceptors (Lipinski definition) is 5. The Morgan fingerprint density at radius 2 is 2.39 bits per heavy atom. The summed E-state index contributed by atoms with van der Waals surface area (Å²) in [6.07, 6.45) is 3.89. The molecule has 0 aromatic carbocycles. The molecule has 0 atom stereocenters. The van der Waals surface area contributed by atoms with Crippen LogP contribution in [0.5, 0.6) is 0 Å². The average Bonchev–Trinajstić information content (AvgIpc) is 2.99. The van der Waals surface area contributed by atoms with Gasteiger partial charge in [0.15, 0.2) is 0 Å². The van der Waals surface area contributed by atoms with Crippen molar-refractivity contribution in [1.82, 2.24) is 15.3 Å². The van der Waals surface area contributed by atoms with Crippen LogP contribution in [-0.2, 0) is 6.42 Å². The summed E-state index contributed by atoms with van der Waals surface area (Å²) < 4.78 is 0. The van der Waals surface area contributed by atoms with Crippen LogP contribution in [0.15, 0.2) is 24.7 Å². The first-order chi connectivity index (χ1) is 8.66. The molecule has 2 rings (SSSR count). The molecule has 2 aromatic heterocycles. The van der Waals surface area contributed by atoms with Crippen LogP contribution in [0.1, 0.15) is 15.4 Å². The van der Waals surface area contributed by atoms with E-state index in [9.17, 15) is 14.9 Å². The second-order valence-corrected chi connectivity index (χ2v) is 4.54. The van der Waals surface area contributed by atoms with Gasteiger partial charge >= 0.3 is 5.00 Å². The molecule has 0 spiro atoms. The van der Waals surface area contributed by atoms with E-state index in [-0.39, 0.29) is 10.9 Å². The Balaban J connectivity index is 1.85. The molecular formula is C10H10N4O3S. The Labute approximate surface area is 106 Å². The van der Waals surface area contributed by atoms with E-state index in [1.165, 1.54) is 12.1 Å². The number of carbonyl (C=O) groups is 1. The predicted molar refractivity (Wildman–Crippen MR) is 65.6 cm³/mol. The molecule has 2 N–H and O–H groups in total. The van der Waals surface area contributed by atoms with Crippen LogP contribution < -0.4 is 5.32 Å². The maximum Gasteiger partial charge on any atom is 0.324 e. The first kappa shape index (κ1) is 12.2. The number of carbonyl (C=O) groups excluding carboxylic acids is 1. The number of thiophene rings is 1. The molecule has 0 fully saturated rings. The minimum atomic E-state index is -0.508. The molecule has 18 heavy (non-hydrogen) atoms. The lowest BCUT2D eigenvalue weighted by Gasteiger charge is -2.01. The first-order valence-corrected chi connectivity index (χ1v) is 5.98. The average molecular weight is 266 g/mol. The molecule has 0 bridgehead atoms. The molecule has 0 saturated carbocycles. The lowest BCUT2D eigenvalue weighted by Crippen LogP contribution is -2.24. The maximum absolute atomic E-state index is 11.7. The smallest absolute Gasteiger partial charge is 0.324 e. The van der Waals surface area contributed by atoms with Gasteiger partial charge in [-0.25, -0.2) is 4.98 Å². The Kier molecular flexibility index (Phi) is 3.68. The van der Waals surface area contributed by atoms with Crippen molar-refractivity contribution >= 4 is 22.2 Å². The van der Waals surface area contributed by atoms with Crippen LogP contribution in [0.3, 0.4) is 0 Å². The molecule has 0 unspecified atom stereocenters.